The number of nitrogens with one attached hydrogen (secondary N) is 1. The van der Waals surface area contributed by atoms with Crippen LogP contribution in [0.4, 0.5) is 5.69 Å². The van der Waals surface area contributed by atoms with Gasteiger partial charge in [-0.3, -0.25) is 14.9 Å². The molecule has 23 heavy (non-hydrogen) atoms. The van der Waals surface area contributed by atoms with Gasteiger partial charge in [0.1, 0.15) is 0 Å². The molecule has 2 rings (SSSR count). The molecule has 122 valence electrons. The normalized spacial score (nSPS) is 12.0. The average molecular weight is 317 g/mol. The fourth-order valence-electron chi connectivity index (χ4n) is 2.45. The number of carbonyl (C=O) groups is 1. The fourth-order valence-corrected chi connectivity index (χ4v) is 2.45. The van der Waals surface area contributed by atoms with E-state index >= 15 is 0 Å². The third kappa shape index (κ3) is 3.75. The number of aryl methyl sites for hydroxylation is 1. The number of benzene rings is 1. The Morgan fingerprint density at radius 3 is 2.74 bits per heavy atom. The molecule has 0 spiro atoms. The van der Waals surface area contributed by atoms with Gasteiger partial charge in [-0.25, -0.2) is 0 Å². The van der Waals surface area contributed by atoms with Gasteiger partial charge in [-0.2, -0.15) is 0 Å². The van der Waals surface area contributed by atoms with E-state index in [1.165, 1.54) is 12.1 Å². The number of rotatable bonds is 6. The Hall–Kier alpha value is -2.67. The molecule has 7 heteroatoms. The number of nitro groups is 1. The molecule has 0 fully saturated rings. The van der Waals surface area contributed by atoms with Crippen LogP contribution in [0, 0.1) is 17.0 Å². The van der Waals surface area contributed by atoms with Gasteiger partial charge in [-0.1, -0.05) is 6.07 Å². The SMILES string of the molecule is Cc1c(C(=O)NCCC(O)c2cccn2C)cccc1[N+](=O)[O-]. The van der Waals surface area contributed by atoms with Gasteiger partial charge in [0.25, 0.3) is 11.6 Å². The van der Waals surface area contributed by atoms with Crippen LogP contribution in [0.15, 0.2) is 36.5 Å². The first kappa shape index (κ1) is 16.7. The topological polar surface area (TPSA) is 97.4 Å². The molecule has 1 atom stereocenters. The predicted octanol–water partition coefficient (Wildman–Crippen LogP) is 2.10. The number of amides is 1. The second-order valence-electron chi connectivity index (χ2n) is 5.31. The third-order valence-corrected chi connectivity index (χ3v) is 3.78. The molecule has 0 radical (unpaired) electrons. The minimum absolute atomic E-state index is 0.0819. The number of aromatic nitrogens is 1. The summed E-state index contributed by atoms with van der Waals surface area (Å²) in [5.41, 5.74) is 1.29. The standard InChI is InChI=1S/C16H19N3O4/c1-11-12(5-3-6-13(11)19(22)23)16(21)17-9-8-15(20)14-7-4-10-18(14)2/h3-7,10,15,20H,8-9H2,1-2H3,(H,17,21). The minimum atomic E-state index is -0.679. The van der Waals surface area contributed by atoms with Gasteiger partial charge in [0.2, 0.25) is 0 Å². The van der Waals surface area contributed by atoms with Crippen molar-refractivity contribution in [2.24, 2.45) is 7.05 Å². The number of hydrogen-bond acceptors (Lipinski definition) is 4. The monoisotopic (exact) mass is 317 g/mol. The number of hydrogen-bond donors (Lipinski definition) is 2. The lowest BCUT2D eigenvalue weighted by atomic mass is 10.1. The van der Waals surface area contributed by atoms with Crippen molar-refractivity contribution in [3.8, 4) is 0 Å². The van der Waals surface area contributed by atoms with E-state index in [0.29, 0.717) is 12.0 Å². The van der Waals surface area contributed by atoms with Crippen molar-refractivity contribution in [1.29, 1.82) is 0 Å². The molecule has 1 amide bonds. The molecular weight excluding hydrogens is 298 g/mol. The number of aliphatic hydroxyl groups excluding tert-OH is 1. The molecule has 7 nitrogen and oxygen atoms in total. The van der Waals surface area contributed by atoms with E-state index in [4.69, 9.17) is 0 Å². The lowest BCUT2D eigenvalue weighted by molar-refractivity contribution is -0.385. The number of carbonyl (C=O) groups excluding carboxylic acids is 1. The van der Waals surface area contributed by atoms with E-state index < -0.39 is 11.0 Å². The van der Waals surface area contributed by atoms with Crippen LogP contribution in [0.5, 0.6) is 0 Å². The van der Waals surface area contributed by atoms with E-state index in [-0.39, 0.29) is 23.7 Å². The molecule has 1 heterocycles. The lowest BCUT2D eigenvalue weighted by Crippen LogP contribution is -2.26. The summed E-state index contributed by atoms with van der Waals surface area (Å²) in [5.74, 6) is -0.384. The molecule has 2 N–H and O–H groups in total. The summed E-state index contributed by atoms with van der Waals surface area (Å²) in [6.07, 6.45) is 1.52. The highest BCUT2D eigenvalue weighted by molar-refractivity contribution is 5.96. The van der Waals surface area contributed by atoms with Crippen LogP contribution < -0.4 is 5.32 Å². The number of aliphatic hydroxyl groups is 1. The molecule has 0 aliphatic rings. The van der Waals surface area contributed by atoms with Crippen LogP contribution in [0.1, 0.15) is 34.1 Å². The first-order valence-electron chi connectivity index (χ1n) is 7.23. The summed E-state index contributed by atoms with van der Waals surface area (Å²) in [6, 6.07) is 8.05. The van der Waals surface area contributed by atoms with Crippen LogP contribution >= 0.6 is 0 Å². The van der Waals surface area contributed by atoms with Crippen molar-refractivity contribution in [1.82, 2.24) is 9.88 Å². The van der Waals surface area contributed by atoms with Crippen LogP contribution in [0.3, 0.4) is 0 Å². The van der Waals surface area contributed by atoms with Crippen molar-refractivity contribution in [2.45, 2.75) is 19.4 Å². The van der Waals surface area contributed by atoms with Crippen LogP contribution in [0.25, 0.3) is 0 Å². The Kier molecular flexibility index (Phi) is 5.13. The van der Waals surface area contributed by atoms with E-state index in [2.05, 4.69) is 5.32 Å². The molecule has 0 aliphatic heterocycles. The highest BCUT2D eigenvalue weighted by atomic mass is 16.6. The Morgan fingerprint density at radius 2 is 2.13 bits per heavy atom. The Morgan fingerprint density at radius 1 is 1.39 bits per heavy atom. The second-order valence-corrected chi connectivity index (χ2v) is 5.31. The van der Waals surface area contributed by atoms with Gasteiger partial charge in [-0.15, -0.1) is 0 Å². The zero-order chi connectivity index (χ0) is 17.0. The van der Waals surface area contributed by atoms with Crippen molar-refractivity contribution in [3.63, 3.8) is 0 Å². The van der Waals surface area contributed by atoms with Crippen LogP contribution in [-0.4, -0.2) is 27.0 Å². The smallest absolute Gasteiger partial charge is 0.273 e. The van der Waals surface area contributed by atoms with Gasteiger partial charge in [0.05, 0.1) is 11.0 Å². The molecule has 1 aromatic heterocycles. The Bertz CT molecular complexity index is 724. The molecule has 0 saturated heterocycles. The number of nitrogens with zero attached hydrogens (tertiary/aromatic N) is 2. The summed E-state index contributed by atoms with van der Waals surface area (Å²) >= 11 is 0. The van der Waals surface area contributed by atoms with Gasteiger partial charge < -0.3 is 15.0 Å². The lowest BCUT2D eigenvalue weighted by Gasteiger charge is -2.13. The van der Waals surface area contributed by atoms with Crippen LogP contribution in [-0.2, 0) is 7.05 Å². The molecule has 0 saturated carbocycles. The van der Waals surface area contributed by atoms with Gasteiger partial charge in [0.15, 0.2) is 0 Å². The number of nitro benzene ring substituents is 1. The van der Waals surface area contributed by atoms with Gasteiger partial charge in [-0.05, 0) is 31.5 Å². The quantitative estimate of drug-likeness (QED) is 0.629. The molecule has 2 aromatic rings. The fraction of sp³-hybridized carbons (Fsp3) is 0.312. The minimum Gasteiger partial charge on any atom is -0.387 e. The van der Waals surface area contributed by atoms with E-state index in [1.807, 2.05) is 29.9 Å². The maximum Gasteiger partial charge on any atom is 0.273 e. The van der Waals surface area contributed by atoms with E-state index in [0.717, 1.165) is 5.69 Å². The second kappa shape index (κ2) is 7.06. The first-order chi connectivity index (χ1) is 10.9. The molecule has 0 bridgehead atoms. The molecule has 1 aromatic carbocycles. The van der Waals surface area contributed by atoms with E-state index in [9.17, 15) is 20.0 Å². The third-order valence-electron chi connectivity index (χ3n) is 3.78. The zero-order valence-electron chi connectivity index (χ0n) is 13.0. The highest BCUT2D eigenvalue weighted by Gasteiger charge is 2.18. The van der Waals surface area contributed by atoms with Crippen molar-refractivity contribution in [3.05, 3.63) is 63.5 Å². The summed E-state index contributed by atoms with van der Waals surface area (Å²) < 4.78 is 1.82. The summed E-state index contributed by atoms with van der Waals surface area (Å²) in [4.78, 5) is 22.5. The maximum absolute atomic E-state index is 12.2. The zero-order valence-corrected chi connectivity index (χ0v) is 13.0. The summed E-state index contributed by atoms with van der Waals surface area (Å²) in [7, 11) is 1.84. The predicted molar refractivity (Wildman–Crippen MR) is 85.2 cm³/mol. The van der Waals surface area contributed by atoms with Crippen LogP contribution in [0.2, 0.25) is 0 Å². The Balaban J connectivity index is 1.97. The van der Waals surface area contributed by atoms with Gasteiger partial charge >= 0.3 is 0 Å². The average Bonchev–Trinajstić information content (AvgIpc) is 2.93. The largest absolute Gasteiger partial charge is 0.387 e. The van der Waals surface area contributed by atoms with Crippen molar-refractivity contribution < 1.29 is 14.8 Å². The van der Waals surface area contributed by atoms with E-state index in [1.54, 1.807) is 13.0 Å². The molecule has 1 unspecified atom stereocenters. The van der Waals surface area contributed by atoms with Gasteiger partial charge in [0, 0.05) is 42.7 Å². The molecular formula is C16H19N3O4. The maximum atomic E-state index is 12.2. The Labute approximate surface area is 133 Å². The van der Waals surface area contributed by atoms with Crippen molar-refractivity contribution >= 4 is 11.6 Å². The summed E-state index contributed by atoms with van der Waals surface area (Å²) in [5, 5.41) is 23.7. The first-order valence-corrected chi connectivity index (χ1v) is 7.23. The summed E-state index contributed by atoms with van der Waals surface area (Å²) in [6.45, 7) is 1.82. The molecule has 0 aliphatic carbocycles. The van der Waals surface area contributed by atoms with Crippen molar-refractivity contribution in [2.75, 3.05) is 6.54 Å². The highest BCUT2D eigenvalue weighted by Crippen LogP contribution is 2.21.